The molecule has 2 aliphatic heterocycles. The van der Waals surface area contributed by atoms with E-state index in [-0.39, 0.29) is 22.3 Å². The third-order valence-corrected chi connectivity index (χ3v) is 6.34. The Bertz CT molecular complexity index is 837. The second-order valence-corrected chi connectivity index (χ2v) is 8.73. The molecular weight excluding hydrogens is 352 g/mol. The molecule has 0 aliphatic carbocycles. The fraction of sp³-hybridized carbons (Fsp3) is 0.478. The molecule has 5 heteroatoms. The van der Waals surface area contributed by atoms with Gasteiger partial charge in [-0.15, -0.1) is 0 Å². The fourth-order valence-corrected chi connectivity index (χ4v) is 5.21. The third kappa shape index (κ3) is 3.51. The Balaban J connectivity index is 1.69. The van der Waals surface area contributed by atoms with Crippen LogP contribution in [-0.4, -0.2) is 35.0 Å². The summed E-state index contributed by atoms with van der Waals surface area (Å²) in [5, 5.41) is 12.2. The van der Waals surface area contributed by atoms with Crippen LogP contribution in [0.4, 0.5) is 0 Å². The van der Waals surface area contributed by atoms with Gasteiger partial charge in [0.1, 0.15) is 12.4 Å². The van der Waals surface area contributed by atoms with Crippen LogP contribution in [0, 0.1) is 15.5 Å². The minimum Gasteiger partial charge on any atom is -0.489 e. The topological polar surface area (TPSA) is 55.6 Å². The van der Waals surface area contributed by atoms with Crippen molar-refractivity contribution in [3.05, 3.63) is 75.8 Å². The quantitative estimate of drug-likeness (QED) is 0.566. The van der Waals surface area contributed by atoms with Gasteiger partial charge in [0.2, 0.25) is 6.04 Å². The summed E-state index contributed by atoms with van der Waals surface area (Å²) in [6.07, 6.45) is 1.95. The highest BCUT2D eigenvalue weighted by Crippen LogP contribution is 2.50. The molecule has 0 amide bonds. The Kier molecular flexibility index (Phi) is 5.11. The molecule has 2 aromatic carbocycles. The van der Waals surface area contributed by atoms with E-state index in [1.807, 2.05) is 54.6 Å². The Labute approximate surface area is 166 Å². The molecule has 0 bridgehead atoms. The van der Waals surface area contributed by atoms with Gasteiger partial charge in [-0.2, -0.15) is 0 Å². The van der Waals surface area contributed by atoms with Crippen molar-refractivity contribution in [1.29, 1.82) is 0 Å². The first-order chi connectivity index (χ1) is 13.5. The largest absolute Gasteiger partial charge is 0.489 e. The molecule has 0 aromatic heterocycles. The van der Waals surface area contributed by atoms with Crippen LogP contribution in [0.2, 0.25) is 0 Å². The molecule has 2 aromatic rings. The van der Waals surface area contributed by atoms with Crippen molar-refractivity contribution in [1.82, 2.24) is 4.90 Å². The van der Waals surface area contributed by atoms with Crippen LogP contribution in [0.25, 0.3) is 0 Å². The number of hydrogen-bond donors (Lipinski definition) is 0. The molecule has 3 unspecified atom stereocenters. The average Bonchev–Trinajstić information content (AvgIpc) is 3.12. The number of ether oxygens (including phenoxy) is 1. The van der Waals surface area contributed by atoms with Crippen molar-refractivity contribution in [3.63, 3.8) is 0 Å². The zero-order valence-corrected chi connectivity index (χ0v) is 16.6. The first kappa shape index (κ1) is 18.9. The van der Waals surface area contributed by atoms with Crippen LogP contribution in [0.5, 0.6) is 5.75 Å². The maximum Gasteiger partial charge on any atom is 0.235 e. The van der Waals surface area contributed by atoms with E-state index in [0.29, 0.717) is 6.61 Å². The molecule has 5 nitrogen and oxygen atoms in total. The highest BCUT2D eigenvalue weighted by Gasteiger charge is 2.56. The predicted molar refractivity (Wildman–Crippen MR) is 109 cm³/mol. The van der Waals surface area contributed by atoms with Crippen molar-refractivity contribution >= 4 is 0 Å². The molecule has 3 atom stereocenters. The molecule has 28 heavy (non-hydrogen) atoms. The van der Waals surface area contributed by atoms with E-state index >= 15 is 0 Å². The van der Waals surface area contributed by atoms with E-state index in [0.717, 1.165) is 42.8 Å². The molecule has 0 spiro atoms. The molecule has 148 valence electrons. The van der Waals surface area contributed by atoms with Gasteiger partial charge in [0.15, 0.2) is 0 Å². The number of fused-ring (bicyclic) bond motifs is 1. The average molecular weight is 380 g/mol. The van der Waals surface area contributed by atoms with Crippen molar-refractivity contribution in [2.24, 2.45) is 5.41 Å². The maximum atomic E-state index is 12.2. The number of nitrogens with zero attached hydrogens (tertiary/aromatic N) is 2. The number of hydrogen-bond acceptors (Lipinski definition) is 4. The summed E-state index contributed by atoms with van der Waals surface area (Å²) in [5.41, 5.74) is 1.86. The summed E-state index contributed by atoms with van der Waals surface area (Å²) in [6.45, 7) is 6.65. The summed E-state index contributed by atoms with van der Waals surface area (Å²) in [7, 11) is 0. The molecule has 0 radical (unpaired) electrons. The van der Waals surface area contributed by atoms with Crippen LogP contribution in [0.15, 0.2) is 54.6 Å². The van der Waals surface area contributed by atoms with Gasteiger partial charge in [-0.1, -0.05) is 62.4 Å². The fourth-order valence-electron chi connectivity index (χ4n) is 5.21. The smallest absolute Gasteiger partial charge is 0.235 e. The van der Waals surface area contributed by atoms with Crippen LogP contribution >= 0.6 is 0 Å². The highest BCUT2D eigenvalue weighted by molar-refractivity contribution is 5.39. The van der Waals surface area contributed by atoms with Gasteiger partial charge in [-0.05, 0) is 36.4 Å². The number of nitro groups is 1. The summed E-state index contributed by atoms with van der Waals surface area (Å²) < 4.78 is 6.17. The summed E-state index contributed by atoms with van der Waals surface area (Å²) in [4.78, 5) is 14.5. The van der Waals surface area contributed by atoms with Gasteiger partial charge in [-0.3, -0.25) is 15.0 Å². The highest BCUT2D eigenvalue weighted by atomic mass is 16.6. The number of benzene rings is 2. The zero-order valence-electron chi connectivity index (χ0n) is 16.6. The van der Waals surface area contributed by atoms with Crippen molar-refractivity contribution in [3.8, 4) is 5.75 Å². The molecule has 2 saturated heterocycles. The maximum absolute atomic E-state index is 12.2. The second-order valence-electron chi connectivity index (χ2n) is 8.73. The van der Waals surface area contributed by atoms with Crippen LogP contribution in [0.3, 0.4) is 0 Å². The summed E-state index contributed by atoms with van der Waals surface area (Å²) >= 11 is 0. The van der Waals surface area contributed by atoms with E-state index in [4.69, 9.17) is 4.74 Å². The van der Waals surface area contributed by atoms with Gasteiger partial charge in [0, 0.05) is 17.0 Å². The Morgan fingerprint density at radius 1 is 1.14 bits per heavy atom. The Morgan fingerprint density at radius 2 is 1.86 bits per heavy atom. The summed E-state index contributed by atoms with van der Waals surface area (Å²) in [5.74, 6) is 0.594. The van der Waals surface area contributed by atoms with E-state index in [2.05, 4.69) is 18.7 Å². The molecule has 2 fully saturated rings. The van der Waals surface area contributed by atoms with Crippen molar-refractivity contribution in [2.45, 2.75) is 51.3 Å². The lowest BCUT2D eigenvalue weighted by atomic mass is 9.66. The van der Waals surface area contributed by atoms with E-state index < -0.39 is 6.04 Å². The van der Waals surface area contributed by atoms with Crippen LogP contribution < -0.4 is 4.74 Å². The molecule has 0 saturated carbocycles. The monoisotopic (exact) mass is 380 g/mol. The van der Waals surface area contributed by atoms with E-state index in [1.165, 1.54) is 0 Å². The first-order valence-electron chi connectivity index (χ1n) is 10.1. The predicted octanol–water partition coefficient (Wildman–Crippen LogP) is 4.50. The minimum absolute atomic E-state index is 0.0233. The number of piperidine rings is 1. The first-order valence-corrected chi connectivity index (χ1v) is 10.1. The Morgan fingerprint density at radius 3 is 2.61 bits per heavy atom. The standard InChI is InChI=1S/C23H28N2O3/c1-23(2)16-24-14-8-12-19(24)22(25(26)27)21(23)18-11-6-7-13-20(18)28-15-17-9-4-3-5-10-17/h3-7,9-11,13,19,21-22H,8,12,14-16H2,1-2H3. The van der Waals surface area contributed by atoms with Crippen LogP contribution in [0.1, 0.15) is 43.7 Å². The Hall–Kier alpha value is -2.40. The SMILES string of the molecule is CC1(C)CN2CCCC2C([N+](=O)[O-])C1c1ccccc1OCc1ccccc1. The normalized spacial score (nSPS) is 26.6. The van der Waals surface area contributed by atoms with Crippen molar-refractivity contribution < 1.29 is 9.66 Å². The number of para-hydroxylation sites is 1. The summed E-state index contributed by atoms with van der Waals surface area (Å²) in [6, 6.07) is 17.3. The van der Waals surface area contributed by atoms with Gasteiger partial charge in [0.05, 0.1) is 12.0 Å². The van der Waals surface area contributed by atoms with Gasteiger partial charge >= 0.3 is 0 Å². The minimum atomic E-state index is -0.604. The lowest BCUT2D eigenvalue weighted by Gasteiger charge is -2.47. The zero-order chi connectivity index (χ0) is 19.7. The van der Waals surface area contributed by atoms with Gasteiger partial charge < -0.3 is 4.74 Å². The lowest BCUT2D eigenvalue weighted by Crippen LogP contribution is -2.58. The molecule has 0 N–H and O–H groups in total. The van der Waals surface area contributed by atoms with Gasteiger partial charge in [-0.25, -0.2) is 0 Å². The van der Waals surface area contributed by atoms with E-state index in [1.54, 1.807) is 0 Å². The third-order valence-electron chi connectivity index (χ3n) is 6.34. The van der Waals surface area contributed by atoms with Crippen LogP contribution in [-0.2, 0) is 6.61 Å². The van der Waals surface area contributed by atoms with E-state index in [9.17, 15) is 10.1 Å². The molecule has 2 aliphatic rings. The molecule has 4 rings (SSSR count). The number of rotatable bonds is 5. The van der Waals surface area contributed by atoms with Gasteiger partial charge in [0.25, 0.3) is 0 Å². The lowest BCUT2D eigenvalue weighted by molar-refractivity contribution is -0.541. The van der Waals surface area contributed by atoms with Crippen molar-refractivity contribution in [2.75, 3.05) is 13.1 Å². The molecular formula is C23H28N2O3. The molecule has 2 heterocycles. The second kappa shape index (κ2) is 7.55.